The van der Waals surface area contributed by atoms with E-state index >= 15 is 0 Å². The topological polar surface area (TPSA) is 69.9 Å². The molecule has 0 radical (unpaired) electrons. The zero-order valence-corrected chi connectivity index (χ0v) is 8.20. The molecule has 4 N–H and O–H groups in total. The summed E-state index contributed by atoms with van der Waals surface area (Å²) >= 11 is 0. The molecule has 0 fully saturated rings. The number of hydrogen-bond donors (Lipinski definition) is 2. The monoisotopic (exact) mass is 190 g/mol. The van der Waals surface area contributed by atoms with Crippen LogP contribution in [0.4, 0.5) is 11.6 Å². The molecule has 74 valence electrons. The molecule has 2 rings (SSSR count). The van der Waals surface area contributed by atoms with Crippen LogP contribution in [0.2, 0.25) is 0 Å². The highest BCUT2D eigenvalue weighted by atomic mass is 15.1. The van der Waals surface area contributed by atoms with Gasteiger partial charge in [-0.2, -0.15) is 0 Å². The third kappa shape index (κ3) is 1.28. The molecule has 4 nitrogen and oxygen atoms in total. The summed E-state index contributed by atoms with van der Waals surface area (Å²) in [6.45, 7) is 2.99. The Bertz CT molecular complexity index is 458. The summed E-state index contributed by atoms with van der Waals surface area (Å²) in [5.41, 5.74) is 14.2. The average molecular weight is 190 g/mol. The van der Waals surface area contributed by atoms with E-state index in [2.05, 4.69) is 11.9 Å². The highest BCUT2D eigenvalue weighted by molar-refractivity contribution is 5.81. The van der Waals surface area contributed by atoms with Gasteiger partial charge >= 0.3 is 0 Å². The van der Waals surface area contributed by atoms with Gasteiger partial charge in [0, 0.05) is 12.2 Å². The van der Waals surface area contributed by atoms with Gasteiger partial charge in [0.1, 0.15) is 0 Å². The Morgan fingerprint density at radius 3 is 2.86 bits per heavy atom. The lowest BCUT2D eigenvalue weighted by atomic mass is 10.3. The van der Waals surface area contributed by atoms with Crippen LogP contribution in [0.3, 0.4) is 0 Å². The van der Waals surface area contributed by atoms with Gasteiger partial charge in [-0.1, -0.05) is 6.92 Å². The zero-order valence-electron chi connectivity index (χ0n) is 8.20. The number of rotatable bonds is 2. The predicted octanol–water partition coefficient (Wildman–Crippen LogP) is 1.61. The van der Waals surface area contributed by atoms with Crippen molar-refractivity contribution in [3.8, 4) is 0 Å². The average Bonchev–Trinajstić information content (AvgIpc) is 2.45. The van der Waals surface area contributed by atoms with Crippen LogP contribution in [0.5, 0.6) is 0 Å². The van der Waals surface area contributed by atoms with Gasteiger partial charge in [0.05, 0.1) is 11.0 Å². The van der Waals surface area contributed by atoms with Crippen molar-refractivity contribution in [1.29, 1.82) is 0 Å². The van der Waals surface area contributed by atoms with Gasteiger partial charge in [-0.3, -0.25) is 0 Å². The summed E-state index contributed by atoms with van der Waals surface area (Å²) in [4.78, 5) is 4.26. The molecule has 0 aliphatic heterocycles. The fraction of sp³-hybridized carbons (Fsp3) is 0.300. The van der Waals surface area contributed by atoms with Gasteiger partial charge in [0.2, 0.25) is 5.95 Å². The number of fused-ring (bicyclic) bond motifs is 1. The molecule has 0 unspecified atom stereocenters. The maximum absolute atomic E-state index is 5.80. The van der Waals surface area contributed by atoms with E-state index in [1.807, 2.05) is 22.8 Å². The van der Waals surface area contributed by atoms with Crippen LogP contribution >= 0.6 is 0 Å². The molecule has 0 atom stereocenters. The summed E-state index contributed by atoms with van der Waals surface area (Å²) in [7, 11) is 0. The number of anilines is 2. The molecular weight excluding hydrogens is 176 g/mol. The van der Waals surface area contributed by atoms with Crippen molar-refractivity contribution < 1.29 is 0 Å². The van der Waals surface area contributed by atoms with Gasteiger partial charge in [-0.05, 0) is 24.6 Å². The SMILES string of the molecule is CCCn1c(N)nc2ccc(N)cc21. The Kier molecular flexibility index (Phi) is 2.04. The second kappa shape index (κ2) is 3.21. The molecule has 0 aliphatic rings. The lowest BCUT2D eigenvalue weighted by Crippen LogP contribution is -2.02. The Balaban J connectivity index is 2.66. The van der Waals surface area contributed by atoms with Crippen LogP contribution in [0.1, 0.15) is 13.3 Å². The quantitative estimate of drug-likeness (QED) is 0.707. The first kappa shape index (κ1) is 8.87. The maximum atomic E-state index is 5.80. The van der Waals surface area contributed by atoms with Crippen molar-refractivity contribution >= 4 is 22.7 Å². The van der Waals surface area contributed by atoms with Crippen molar-refractivity contribution in [2.75, 3.05) is 11.5 Å². The number of nitrogen functional groups attached to an aromatic ring is 2. The van der Waals surface area contributed by atoms with Crippen LogP contribution in [-0.2, 0) is 6.54 Å². The van der Waals surface area contributed by atoms with Gasteiger partial charge in [-0.25, -0.2) is 4.98 Å². The minimum absolute atomic E-state index is 0.562. The number of nitrogens with zero attached hydrogens (tertiary/aromatic N) is 2. The summed E-state index contributed by atoms with van der Waals surface area (Å²) in [6, 6.07) is 5.65. The normalized spacial score (nSPS) is 10.9. The Hall–Kier alpha value is -1.71. The van der Waals surface area contributed by atoms with E-state index in [1.165, 1.54) is 0 Å². The summed E-state index contributed by atoms with van der Waals surface area (Å²) in [5, 5.41) is 0. The molecule has 0 bridgehead atoms. The van der Waals surface area contributed by atoms with Gasteiger partial charge in [0.15, 0.2) is 0 Å². The first-order chi connectivity index (χ1) is 6.72. The predicted molar refractivity (Wildman–Crippen MR) is 58.8 cm³/mol. The Morgan fingerprint density at radius 1 is 1.36 bits per heavy atom. The number of benzene rings is 1. The second-order valence-electron chi connectivity index (χ2n) is 3.37. The van der Waals surface area contributed by atoms with Gasteiger partial charge in [-0.15, -0.1) is 0 Å². The third-order valence-electron chi connectivity index (χ3n) is 2.25. The smallest absolute Gasteiger partial charge is 0.201 e. The molecule has 14 heavy (non-hydrogen) atoms. The second-order valence-corrected chi connectivity index (χ2v) is 3.37. The van der Waals surface area contributed by atoms with Crippen molar-refractivity contribution in [2.45, 2.75) is 19.9 Å². The van der Waals surface area contributed by atoms with Crippen LogP contribution in [0, 0.1) is 0 Å². The minimum atomic E-state index is 0.562. The largest absolute Gasteiger partial charge is 0.399 e. The standard InChI is InChI=1S/C10H14N4/c1-2-5-14-9-6-7(11)3-4-8(9)13-10(14)12/h3-4,6H,2,5,11H2,1H3,(H2,12,13). The van der Waals surface area contributed by atoms with Crippen molar-refractivity contribution in [2.24, 2.45) is 0 Å². The number of imidazole rings is 1. The molecule has 0 aliphatic carbocycles. The number of aryl methyl sites for hydroxylation is 1. The number of hydrogen-bond acceptors (Lipinski definition) is 3. The summed E-state index contributed by atoms with van der Waals surface area (Å²) < 4.78 is 1.99. The highest BCUT2D eigenvalue weighted by Crippen LogP contribution is 2.20. The van der Waals surface area contributed by atoms with Crippen LogP contribution in [-0.4, -0.2) is 9.55 Å². The molecule has 1 heterocycles. The van der Waals surface area contributed by atoms with Crippen LogP contribution in [0.15, 0.2) is 18.2 Å². The first-order valence-corrected chi connectivity index (χ1v) is 4.73. The van der Waals surface area contributed by atoms with Gasteiger partial charge in [0.25, 0.3) is 0 Å². The van der Waals surface area contributed by atoms with E-state index in [4.69, 9.17) is 11.5 Å². The molecule has 0 saturated carbocycles. The Labute approximate surface area is 82.5 Å². The van der Waals surface area contributed by atoms with Crippen molar-refractivity contribution in [3.05, 3.63) is 18.2 Å². The number of aromatic nitrogens is 2. The Morgan fingerprint density at radius 2 is 2.14 bits per heavy atom. The highest BCUT2D eigenvalue weighted by Gasteiger charge is 2.06. The fourth-order valence-corrected chi connectivity index (χ4v) is 1.62. The molecule has 1 aromatic carbocycles. The molecule has 1 aromatic heterocycles. The van der Waals surface area contributed by atoms with E-state index in [-0.39, 0.29) is 0 Å². The fourth-order valence-electron chi connectivity index (χ4n) is 1.62. The molecular formula is C10H14N4. The van der Waals surface area contributed by atoms with Gasteiger partial charge < -0.3 is 16.0 Å². The first-order valence-electron chi connectivity index (χ1n) is 4.73. The van der Waals surface area contributed by atoms with E-state index in [0.717, 1.165) is 29.7 Å². The number of nitrogens with two attached hydrogens (primary N) is 2. The zero-order chi connectivity index (χ0) is 10.1. The van der Waals surface area contributed by atoms with Crippen LogP contribution < -0.4 is 11.5 Å². The van der Waals surface area contributed by atoms with E-state index in [0.29, 0.717) is 5.95 Å². The van der Waals surface area contributed by atoms with E-state index < -0.39 is 0 Å². The third-order valence-corrected chi connectivity index (χ3v) is 2.25. The van der Waals surface area contributed by atoms with Crippen molar-refractivity contribution in [3.63, 3.8) is 0 Å². The lowest BCUT2D eigenvalue weighted by Gasteiger charge is -2.03. The molecule has 2 aromatic rings. The summed E-state index contributed by atoms with van der Waals surface area (Å²) in [6.07, 6.45) is 1.03. The van der Waals surface area contributed by atoms with Crippen LogP contribution in [0.25, 0.3) is 11.0 Å². The molecule has 4 heteroatoms. The maximum Gasteiger partial charge on any atom is 0.201 e. The molecule has 0 spiro atoms. The summed E-state index contributed by atoms with van der Waals surface area (Å²) in [5.74, 6) is 0.562. The lowest BCUT2D eigenvalue weighted by molar-refractivity contribution is 0.707. The van der Waals surface area contributed by atoms with E-state index in [9.17, 15) is 0 Å². The molecule has 0 amide bonds. The molecule has 0 saturated heterocycles. The van der Waals surface area contributed by atoms with Crippen molar-refractivity contribution in [1.82, 2.24) is 9.55 Å². The minimum Gasteiger partial charge on any atom is -0.399 e. The van der Waals surface area contributed by atoms with E-state index in [1.54, 1.807) is 0 Å².